The molecule has 0 bridgehead atoms. The summed E-state index contributed by atoms with van der Waals surface area (Å²) in [6.07, 6.45) is 3.33. The molecular formula is C14H17Cl2N3O2. The first-order chi connectivity index (χ1) is 9.80. The van der Waals surface area contributed by atoms with E-state index in [1.165, 1.54) is 17.3 Å². The lowest BCUT2D eigenvalue weighted by Crippen LogP contribution is -2.55. The van der Waals surface area contributed by atoms with Crippen molar-refractivity contribution in [3.63, 3.8) is 0 Å². The van der Waals surface area contributed by atoms with Crippen molar-refractivity contribution in [1.82, 2.24) is 14.8 Å². The van der Waals surface area contributed by atoms with Crippen molar-refractivity contribution < 1.29 is 9.84 Å². The lowest BCUT2D eigenvalue weighted by Gasteiger charge is -2.41. The minimum absolute atomic E-state index is 0.362. The second kappa shape index (κ2) is 5.83. The summed E-state index contributed by atoms with van der Waals surface area (Å²) in [4.78, 5) is 3.92. The lowest BCUT2D eigenvalue weighted by atomic mass is 9.90. The summed E-state index contributed by atoms with van der Waals surface area (Å²) in [6.45, 7) is 5.27. The van der Waals surface area contributed by atoms with Crippen LogP contribution in [0.25, 0.3) is 0 Å². The van der Waals surface area contributed by atoms with Crippen LogP contribution in [-0.4, -0.2) is 25.5 Å². The molecule has 0 spiro atoms. The van der Waals surface area contributed by atoms with Crippen LogP contribution in [0.4, 0.5) is 0 Å². The molecule has 5 nitrogen and oxygen atoms in total. The van der Waals surface area contributed by atoms with Crippen molar-refractivity contribution in [3.05, 3.63) is 40.9 Å². The summed E-state index contributed by atoms with van der Waals surface area (Å²) in [6, 6.07) is 4.91. The topological polar surface area (TPSA) is 60.2 Å². The molecule has 1 N–H and O–H groups in total. The van der Waals surface area contributed by atoms with Crippen molar-refractivity contribution in [2.45, 2.75) is 38.5 Å². The quantitative estimate of drug-likeness (QED) is 0.911. The fourth-order valence-corrected chi connectivity index (χ4v) is 2.38. The van der Waals surface area contributed by atoms with Gasteiger partial charge in [0.25, 0.3) is 0 Å². The van der Waals surface area contributed by atoms with Crippen molar-refractivity contribution in [3.8, 4) is 5.75 Å². The smallest absolute Gasteiger partial charge is 0.228 e. The fraction of sp³-hybridized carbons (Fsp3) is 0.429. The van der Waals surface area contributed by atoms with E-state index in [1.807, 2.05) is 6.92 Å². The van der Waals surface area contributed by atoms with Gasteiger partial charge in [-0.2, -0.15) is 5.10 Å². The van der Waals surface area contributed by atoms with E-state index in [2.05, 4.69) is 10.1 Å². The number of aromatic nitrogens is 3. The van der Waals surface area contributed by atoms with Crippen LogP contribution in [0.5, 0.6) is 5.75 Å². The highest BCUT2D eigenvalue weighted by Crippen LogP contribution is 2.38. The normalized spacial score (nSPS) is 17.0. The van der Waals surface area contributed by atoms with E-state index >= 15 is 0 Å². The first kappa shape index (κ1) is 16.1. The van der Waals surface area contributed by atoms with Gasteiger partial charge in [-0.15, -0.1) is 0 Å². The Morgan fingerprint density at radius 3 is 2.57 bits per heavy atom. The standard InChI is InChI=1S/C14H17Cl2N3O2/c1-4-13(2,20)14(3,19-9-17-8-18-19)21-12-6-5-10(15)7-11(12)16/h5-9,20H,4H2,1-3H3. The van der Waals surface area contributed by atoms with Gasteiger partial charge in [-0.25, -0.2) is 9.67 Å². The lowest BCUT2D eigenvalue weighted by molar-refractivity contribution is -0.172. The van der Waals surface area contributed by atoms with Gasteiger partial charge < -0.3 is 9.84 Å². The average molecular weight is 330 g/mol. The number of rotatable bonds is 5. The van der Waals surface area contributed by atoms with Gasteiger partial charge in [0.05, 0.1) is 5.02 Å². The Kier molecular flexibility index (Phi) is 4.46. The van der Waals surface area contributed by atoms with Gasteiger partial charge in [-0.3, -0.25) is 0 Å². The zero-order valence-corrected chi connectivity index (χ0v) is 13.6. The van der Waals surface area contributed by atoms with Gasteiger partial charge in [0.15, 0.2) is 0 Å². The van der Waals surface area contributed by atoms with Crippen molar-refractivity contribution in [2.75, 3.05) is 0 Å². The van der Waals surface area contributed by atoms with Gasteiger partial charge >= 0.3 is 0 Å². The molecule has 21 heavy (non-hydrogen) atoms. The van der Waals surface area contributed by atoms with Crippen LogP contribution in [0.3, 0.4) is 0 Å². The SMILES string of the molecule is CCC(C)(O)C(C)(Oc1ccc(Cl)cc1Cl)n1cncn1. The fourth-order valence-electron chi connectivity index (χ4n) is 1.93. The number of nitrogens with zero attached hydrogens (tertiary/aromatic N) is 3. The minimum Gasteiger partial charge on any atom is -0.462 e. The van der Waals surface area contributed by atoms with Crippen molar-refractivity contribution in [1.29, 1.82) is 0 Å². The minimum atomic E-state index is -1.19. The van der Waals surface area contributed by atoms with Crippen LogP contribution in [0, 0.1) is 0 Å². The van der Waals surface area contributed by atoms with Crippen molar-refractivity contribution in [2.24, 2.45) is 0 Å². The molecule has 2 unspecified atom stereocenters. The van der Waals surface area contributed by atoms with E-state index in [-0.39, 0.29) is 0 Å². The van der Waals surface area contributed by atoms with Gasteiger partial charge in [0, 0.05) is 5.02 Å². The van der Waals surface area contributed by atoms with E-state index in [9.17, 15) is 5.11 Å². The first-order valence-electron chi connectivity index (χ1n) is 6.51. The molecule has 2 atom stereocenters. The molecule has 2 rings (SSSR count). The second-order valence-electron chi connectivity index (χ2n) is 5.13. The number of hydrogen-bond donors (Lipinski definition) is 1. The van der Waals surface area contributed by atoms with Crippen LogP contribution in [-0.2, 0) is 5.72 Å². The molecule has 0 aliphatic carbocycles. The third kappa shape index (κ3) is 3.00. The first-order valence-corrected chi connectivity index (χ1v) is 7.27. The molecule has 0 saturated carbocycles. The highest BCUT2D eigenvalue weighted by Gasteiger charge is 2.47. The molecule has 0 fully saturated rings. The van der Waals surface area contributed by atoms with E-state index in [0.29, 0.717) is 22.2 Å². The molecule has 0 aliphatic heterocycles. The number of hydrogen-bond acceptors (Lipinski definition) is 4. The molecule has 1 aromatic carbocycles. The highest BCUT2D eigenvalue weighted by molar-refractivity contribution is 6.35. The van der Waals surface area contributed by atoms with Crippen LogP contribution < -0.4 is 4.74 Å². The number of ether oxygens (including phenoxy) is 1. The highest BCUT2D eigenvalue weighted by atomic mass is 35.5. The molecule has 0 amide bonds. The molecule has 1 heterocycles. The Labute approximate surface area is 133 Å². The maximum atomic E-state index is 10.7. The van der Waals surface area contributed by atoms with Gasteiger partial charge in [-0.05, 0) is 38.5 Å². The maximum Gasteiger partial charge on any atom is 0.228 e. The van der Waals surface area contributed by atoms with E-state index in [1.54, 1.807) is 32.0 Å². The number of halogens is 2. The zero-order chi connectivity index (χ0) is 15.7. The summed E-state index contributed by atoms with van der Waals surface area (Å²) < 4.78 is 7.48. The Bertz CT molecular complexity index is 617. The molecule has 114 valence electrons. The Hall–Kier alpha value is -1.30. The van der Waals surface area contributed by atoms with Gasteiger partial charge in [0.1, 0.15) is 24.0 Å². The summed E-state index contributed by atoms with van der Waals surface area (Å²) in [5, 5.41) is 15.7. The summed E-state index contributed by atoms with van der Waals surface area (Å²) in [5.74, 6) is 0.410. The zero-order valence-electron chi connectivity index (χ0n) is 12.0. The van der Waals surface area contributed by atoms with Crippen LogP contribution in [0.2, 0.25) is 10.0 Å². The third-order valence-electron chi connectivity index (χ3n) is 3.75. The molecule has 1 aromatic heterocycles. The Morgan fingerprint density at radius 2 is 2.05 bits per heavy atom. The van der Waals surface area contributed by atoms with E-state index in [4.69, 9.17) is 27.9 Å². The molecule has 2 aromatic rings. The number of aliphatic hydroxyl groups is 1. The van der Waals surface area contributed by atoms with E-state index < -0.39 is 11.3 Å². The number of benzene rings is 1. The predicted octanol–water partition coefficient (Wildman–Crippen LogP) is 3.50. The molecule has 0 saturated heterocycles. The average Bonchev–Trinajstić information content (AvgIpc) is 2.96. The Morgan fingerprint density at radius 1 is 1.33 bits per heavy atom. The molecule has 0 aliphatic rings. The van der Waals surface area contributed by atoms with Crippen LogP contribution in [0.15, 0.2) is 30.9 Å². The summed E-state index contributed by atoms with van der Waals surface area (Å²) in [5.41, 5.74) is -2.36. The van der Waals surface area contributed by atoms with Crippen LogP contribution >= 0.6 is 23.2 Å². The maximum absolute atomic E-state index is 10.7. The van der Waals surface area contributed by atoms with Crippen molar-refractivity contribution >= 4 is 23.2 Å². The largest absolute Gasteiger partial charge is 0.462 e. The molecule has 7 heteroatoms. The molecule has 0 radical (unpaired) electrons. The second-order valence-corrected chi connectivity index (χ2v) is 5.97. The van der Waals surface area contributed by atoms with E-state index in [0.717, 1.165) is 0 Å². The van der Waals surface area contributed by atoms with Gasteiger partial charge in [0.2, 0.25) is 5.72 Å². The third-order valence-corrected chi connectivity index (χ3v) is 4.28. The van der Waals surface area contributed by atoms with Crippen LogP contribution in [0.1, 0.15) is 27.2 Å². The summed E-state index contributed by atoms with van der Waals surface area (Å²) >= 11 is 12.0. The Balaban J connectivity index is 2.47. The summed E-state index contributed by atoms with van der Waals surface area (Å²) in [7, 11) is 0. The monoisotopic (exact) mass is 329 g/mol. The predicted molar refractivity (Wildman–Crippen MR) is 81.7 cm³/mol. The molecular weight excluding hydrogens is 313 g/mol. The van der Waals surface area contributed by atoms with Gasteiger partial charge in [-0.1, -0.05) is 30.1 Å².